The van der Waals surface area contributed by atoms with Crippen LogP contribution >= 0.6 is 15.9 Å². The summed E-state index contributed by atoms with van der Waals surface area (Å²) in [5, 5.41) is 3.14. The summed E-state index contributed by atoms with van der Waals surface area (Å²) in [6.45, 7) is 0.452. The van der Waals surface area contributed by atoms with Gasteiger partial charge in [0, 0.05) is 17.2 Å². The summed E-state index contributed by atoms with van der Waals surface area (Å²) in [6, 6.07) is 1.72. The molecule has 2 rings (SSSR count). The first kappa shape index (κ1) is 8.96. The highest BCUT2D eigenvalue weighted by Crippen LogP contribution is 2.26. The Balaban J connectivity index is 2.66. The molecular formula is C7H7BrN2O2S. The van der Waals surface area contributed by atoms with Gasteiger partial charge in [-0.1, -0.05) is 0 Å². The van der Waals surface area contributed by atoms with Crippen molar-refractivity contribution >= 4 is 31.5 Å². The van der Waals surface area contributed by atoms with E-state index in [-0.39, 0.29) is 10.8 Å². The largest absolute Gasteiger partial charge is 0.382 e. The van der Waals surface area contributed by atoms with Crippen LogP contribution in [0.25, 0.3) is 0 Å². The Morgan fingerprint density at radius 3 is 3.08 bits per heavy atom. The van der Waals surface area contributed by atoms with Crippen LogP contribution in [0.2, 0.25) is 0 Å². The van der Waals surface area contributed by atoms with Crippen LogP contribution in [0.4, 0.5) is 5.69 Å². The zero-order valence-corrected chi connectivity index (χ0v) is 9.02. The fourth-order valence-corrected chi connectivity index (χ4v) is 2.79. The number of rotatable bonds is 0. The van der Waals surface area contributed by atoms with Crippen LogP contribution in [-0.4, -0.2) is 25.7 Å². The number of aromatic nitrogens is 1. The molecule has 0 aliphatic carbocycles. The third-order valence-corrected chi connectivity index (χ3v) is 3.89. The molecular weight excluding hydrogens is 256 g/mol. The summed E-state index contributed by atoms with van der Waals surface area (Å²) in [5.41, 5.74) is 0.584. The number of pyridine rings is 1. The lowest BCUT2D eigenvalue weighted by Crippen LogP contribution is -2.24. The van der Waals surface area contributed by atoms with E-state index in [9.17, 15) is 8.42 Å². The molecule has 0 fully saturated rings. The van der Waals surface area contributed by atoms with E-state index in [1.807, 2.05) is 0 Å². The first-order chi connectivity index (χ1) is 6.09. The van der Waals surface area contributed by atoms with E-state index in [1.54, 1.807) is 6.07 Å². The van der Waals surface area contributed by atoms with Gasteiger partial charge in [0.25, 0.3) is 0 Å². The smallest absolute Gasteiger partial charge is 0.199 e. The van der Waals surface area contributed by atoms with Crippen molar-refractivity contribution in [3.8, 4) is 0 Å². The molecule has 0 aromatic carbocycles. The summed E-state index contributed by atoms with van der Waals surface area (Å²) in [4.78, 5) is 3.87. The molecule has 1 aromatic heterocycles. The van der Waals surface area contributed by atoms with Crippen molar-refractivity contribution in [2.75, 3.05) is 17.6 Å². The zero-order valence-electron chi connectivity index (χ0n) is 6.62. The molecule has 0 saturated carbocycles. The Labute approximate surface area is 84.4 Å². The monoisotopic (exact) mass is 262 g/mol. The molecule has 0 spiro atoms. The molecule has 13 heavy (non-hydrogen) atoms. The first-order valence-electron chi connectivity index (χ1n) is 3.72. The van der Waals surface area contributed by atoms with Crippen LogP contribution in [0.5, 0.6) is 0 Å². The normalized spacial score (nSPS) is 18.8. The Hall–Kier alpha value is -0.620. The van der Waals surface area contributed by atoms with E-state index >= 15 is 0 Å². The average Bonchev–Trinajstić information content (AvgIpc) is 2.02. The number of fused-ring (bicyclic) bond motifs is 1. The molecule has 1 aliphatic rings. The minimum atomic E-state index is -3.15. The van der Waals surface area contributed by atoms with Crippen LogP contribution in [0.1, 0.15) is 0 Å². The molecule has 0 bridgehead atoms. The summed E-state index contributed by atoms with van der Waals surface area (Å²) in [6.07, 6.45) is 1.49. The number of hydrogen-bond donors (Lipinski definition) is 1. The molecule has 2 heterocycles. The third kappa shape index (κ3) is 1.55. The lowest BCUT2D eigenvalue weighted by Gasteiger charge is -2.16. The van der Waals surface area contributed by atoms with Gasteiger partial charge in [0.2, 0.25) is 0 Å². The molecule has 0 saturated heterocycles. The van der Waals surface area contributed by atoms with Crippen molar-refractivity contribution in [1.29, 1.82) is 0 Å². The second-order valence-corrected chi connectivity index (χ2v) is 5.69. The fourth-order valence-electron chi connectivity index (χ4n) is 1.22. The summed E-state index contributed by atoms with van der Waals surface area (Å²) >= 11 is 3.23. The Morgan fingerprint density at radius 2 is 2.31 bits per heavy atom. The quantitative estimate of drug-likeness (QED) is 0.759. The van der Waals surface area contributed by atoms with Crippen molar-refractivity contribution in [3.63, 3.8) is 0 Å². The van der Waals surface area contributed by atoms with E-state index < -0.39 is 9.84 Å². The summed E-state index contributed by atoms with van der Waals surface area (Å²) in [7, 11) is -3.15. The number of sulfone groups is 1. The summed E-state index contributed by atoms with van der Waals surface area (Å²) in [5.74, 6) is 0.120. The Bertz CT molecular complexity index is 444. The maximum Gasteiger partial charge on any atom is 0.199 e. The van der Waals surface area contributed by atoms with Gasteiger partial charge < -0.3 is 5.32 Å². The molecule has 1 N–H and O–H groups in total. The van der Waals surface area contributed by atoms with Gasteiger partial charge in [-0.3, -0.25) is 0 Å². The van der Waals surface area contributed by atoms with Gasteiger partial charge in [-0.25, -0.2) is 13.4 Å². The van der Waals surface area contributed by atoms with Crippen molar-refractivity contribution < 1.29 is 8.42 Å². The molecule has 0 radical (unpaired) electrons. The molecule has 70 valence electrons. The molecule has 1 aromatic rings. The van der Waals surface area contributed by atoms with E-state index in [2.05, 4.69) is 26.2 Å². The van der Waals surface area contributed by atoms with E-state index in [4.69, 9.17) is 0 Å². The van der Waals surface area contributed by atoms with Gasteiger partial charge in [0.15, 0.2) is 14.9 Å². The highest BCUT2D eigenvalue weighted by atomic mass is 79.9. The third-order valence-electron chi connectivity index (χ3n) is 1.80. The van der Waals surface area contributed by atoms with Crippen molar-refractivity contribution in [2.45, 2.75) is 5.03 Å². The zero-order chi connectivity index (χ0) is 9.47. The predicted molar refractivity (Wildman–Crippen MR) is 52.5 cm³/mol. The van der Waals surface area contributed by atoms with E-state index in [0.29, 0.717) is 12.2 Å². The number of hydrogen-bond acceptors (Lipinski definition) is 4. The van der Waals surface area contributed by atoms with E-state index in [0.717, 1.165) is 4.47 Å². The SMILES string of the molecule is O=S1(=O)CCNc2cc(Br)cnc21. The number of halogens is 1. The van der Waals surface area contributed by atoms with Gasteiger partial charge in [-0.2, -0.15) is 0 Å². The van der Waals surface area contributed by atoms with Crippen molar-refractivity contribution in [3.05, 3.63) is 16.7 Å². The number of anilines is 1. The maximum absolute atomic E-state index is 11.5. The lowest BCUT2D eigenvalue weighted by molar-refractivity contribution is 0.591. The number of nitrogens with one attached hydrogen (secondary N) is 1. The molecule has 0 atom stereocenters. The van der Waals surface area contributed by atoms with Crippen LogP contribution in [0.3, 0.4) is 0 Å². The summed E-state index contributed by atoms with van der Waals surface area (Å²) < 4.78 is 23.7. The maximum atomic E-state index is 11.5. The molecule has 1 aliphatic heterocycles. The van der Waals surface area contributed by atoms with Gasteiger partial charge in [0.05, 0.1) is 11.4 Å². The van der Waals surface area contributed by atoms with Crippen molar-refractivity contribution in [1.82, 2.24) is 4.98 Å². The highest BCUT2D eigenvalue weighted by Gasteiger charge is 2.24. The Kier molecular flexibility index (Phi) is 2.03. The fraction of sp³-hybridized carbons (Fsp3) is 0.286. The van der Waals surface area contributed by atoms with Crippen LogP contribution in [0, 0.1) is 0 Å². The topological polar surface area (TPSA) is 59.1 Å². The lowest BCUT2D eigenvalue weighted by atomic mass is 10.4. The first-order valence-corrected chi connectivity index (χ1v) is 6.16. The van der Waals surface area contributed by atoms with Gasteiger partial charge in [-0.05, 0) is 22.0 Å². The van der Waals surface area contributed by atoms with Gasteiger partial charge in [0.1, 0.15) is 0 Å². The minimum absolute atomic E-state index is 0.120. The Morgan fingerprint density at radius 1 is 1.54 bits per heavy atom. The van der Waals surface area contributed by atoms with Gasteiger partial charge >= 0.3 is 0 Å². The molecule has 4 nitrogen and oxygen atoms in total. The second kappa shape index (κ2) is 2.95. The highest BCUT2D eigenvalue weighted by molar-refractivity contribution is 9.10. The predicted octanol–water partition coefficient (Wildman–Crippen LogP) is 1.04. The van der Waals surface area contributed by atoms with Gasteiger partial charge in [-0.15, -0.1) is 0 Å². The van der Waals surface area contributed by atoms with Crippen LogP contribution in [0.15, 0.2) is 21.8 Å². The second-order valence-electron chi connectivity index (χ2n) is 2.75. The van der Waals surface area contributed by atoms with Crippen molar-refractivity contribution in [2.24, 2.45) is 0 Å². The average molecular weight is 263 g/mol. The molecule has 0 amide bonds. The van der Waals surface area contributed by atoms with E-state index in [1.165, 1.54) is 6.20 Å². The minimum Gasteiger partial charge on any atom is -0.382 e. The number of nitrogens with zero attached hydrogens (tertiary/aromatic N) is 1. The standard InChI is InChI=1S/C7H7BrN2O2S/c8-5-3-6-7(10-4-5)13(11,12)2-1-9-6/h3-4,9H,1-2H2. The van der Waals surface area contributed by atoms with Crippen LogP contribution < -0.4 is 5.32 Å². The molecule has 0 unspecified atom stereocenters. The molecule has 6 heteroatoms. The van der Waals surface area contributed by atoms with Crippen LogP contribution in [-0.2, 0) is 9.84 Å².